The van der Waals surface area contributed by atoms with Crippen LogP contribution in [0.15, 0.2) is 79.0 Å². The average Bonchev–Trinajstić information content (AvgIpc) is 3.23. The highest BCUT2D eigenvalue weighted by atomic mass is 16.5. The van der Waals surface area contributed by atoms with Gasteiger partial charge in [0.15, 0.2) is 0 Å². The highest BCUT2D eigenvalue weighted by Gasteiger charge is 2.20. The molecule has 1 aliphatic rings. The van der Waals surface area contributed by atoms with Crippen LogP contribution in [0, 0.1) is 0 Å². The lowest BCUT2D eigenvalue weighted by Gasteiger charge is -2.28. The summed E-state index contributed by atoms with van der Waals surface area (Å²) in [6, 6.07) is 23.7. The van der Waals surface area contributed by atoms with Gasteiger partial charge in [-0.2, -0.15) is 0 Å². The minimum atomic E-state index is -0.453. The van der Waals surface area contributed by atoms with Gasteiger partial charge in [0.2, 0.25) is 0 Å². The Morgan fingerprint density at radius 2 is 1.62 bits per heavy atom. The van der Waals surface area contributed by atoms with Gasteiger partial charge in [0.05, 0.1) is 18.2 Å². The molecule has 2 heterocycles. The van der Waals surface area contributed by atoms with Gasteiger partial charge in [-0.05, 0) is 41.3 Å². The quantitative estimate of drug-likeness (QED) is 0.447. The van der Waals surface area contributed by atoms with E-state index >= 15 is 0 Å². The molecule has 0 bridgehead atoms. The van der Waals surface area contributed by atoms with Crippen molar-refractivity contribution in [2.45, 2.75) is 19.5 Å². The Bertz CT molecular complexity index is 1300. The molecule has 0 atom stereocenters. The fraction of sp³-hybridized carbons (Fsp3) is 0.185. The van der Waals surface area contributed by atoms with E-state index in [4.69, 9.17) is 4.74 Å². The van der Waals surface area contributed by atoms with Crippen LogP contribution in [0.1, 0.15) is 37.4 Å². The zero-order valence-corrected chi connectivity index (χ0v) is 18.0. The van der Waals surface area contributed by atoms with E-state index in [1.807, 2.05) is 48.5 Å². The number of aromatic nitrogens is 1. The maximum atomic E-state index is 13.2. The van der Waals surface area contributed by atoms with E-state index in [-0.39, 0.29) is 5.91 Å². The molecule has 1 aliphatic heterocycles. The molecule has 5 heteroatoms. The van der Waals surface area contributed by atoms with Crippen LogP contribution < -0.4 is 0 Å². The van der Waals surface area contributed by atoms with E-state index in [1.165, 1.54) is 28.4 Å². The fourth-order valence-corrected chi connectivity index (χ4v) is 4.46. The fourth-order valence-electron chi connectivity index (χ4n) is 4.46. The summed E-state index contributed by atoms with van der Waals surface area (Å²) in [5.41, 5.74) is 5.66. The van der Waals surface area contributed by atoms with Crippen molar-refractivity contribution in [2.75, 3.05) is 13.7 Å². The van der Waals surface area contributed by atoms with E-state index < -0.39 is 5.97 Å². The molecular weight excluding hydrogens is 400 g/mol. The predicted molar refractivity (Wildman–Crippen MR) is 124 cm³/mol. The Kier molecular flexibility index (Phi) is 5.33. The summed E-state index contributed by atoms with van der Waals surface area (Å²) >= 11 is 0. The summed E-state index contributed by atoms with van der Waals surface area (Å²) in [5, 5.41) is 0.703. The Morgan fingerprint density at radius 3 is 2.41 bits per heavy atom. The van der Waals surface area contributed by atoms with Gasteiger partial charge in [0.1, 0.15) is 0 Å². The summed E-state index contributed by atoms with van der Waals surface area (Å²) in [7, 11) is 1.34. The van der Waals surface area contributed by atoms with Crippen molar-refractivity contribution in [3.63, 3.8) is 0 Å². The number of rotatable bonds is 4. The van der Waals surface area contributed by atoms with Crippen LogP contribution >= 0.6 is 0 Å². The number of hydrogen-bond acceptors (Lipinski definition) is 4. The molecule has 160 valence electrons. The third-order valence-electron chi connectivity index (χ3n) is 6.15. The normalized spacial score (nSPS) is 13.7. The molecular formula is C27H24N2O3. The van der Waals surface area contributed by atoms with Crippen LogP contribution in [0.5, 0.6) is 0 Å². The Hall–Kier alpha value is -3.70. The molecule has 0 saturated heterocycles. The molecule has 5 rings (SSSR count). The number of ether oxygens (including phenoxy) is 1. The number of esters is 1. The molecule has 0 unspecified atom stereocenters. The molecule has 0 fully saturated rings. The zero-order chi connectivity index (χ0) is 22.1. The second-order valence-corrected chi connectivity index (χ2v) is 8.15. The molecule has 0 N–H and O–H groups in total. The van der Waals surface area contributed by atoms with E-state index in [1.54, 1.807) is 6.20 Å². The summed E-state index contributed by atoms with van der Waals surface area (Å²) < 4.78 is 6.41. The molecule has 1 aromatic heterocycles. The number of benzene rings is 3. The Morgan fingerprint density at radius 1 is 0.906 bits per heavy atom. The highest BCUT2D eigenvalue weighted by molar-refractivity contribution is 6.09. The largest absolute Gasteiger partial charge is 0.465 e. The van der Waals surface area contributed by atoms with E-state index in [9.17, 15) is 9.59 Å². The van der Waals surface area contributed by atoms with Crippen molar-refractivity contribution < 1.29 is 14.3 Å². The number of carbonyl (C=O) groups excluding carboxylic acids is 2. The van der Waals surface area contributed by atoms with Gasteiger partial charge in [-0.25, -0.2) is 4.79 Å². The minimum absolute atomic E-state index is 0.171. The van der Waals surface area contributed by atoms with Gasteiger partial charge in [-0.15, -0.1) is 0 Å². The van der Waals surface area contributed by atoms with Crippen molar-refractivity contribution in [1.29, 1.82) is 0 Å². The van der Waals surface area contributed by atoms with E-state index in [2.05, 4.69) is 29.2 Å². The first kappa shape index (κ1) is 20.2. The number of fused-ring (bicyclic) bond motifs is 2. The zero-order valence-electron chi connectivity index (χ0n) is 18.0. The average molecular weight is 425 g/mol. The summed E-state index contributed by atoms with van der Waals surface area (Å²) in [5.74, 6) is -0.624. The third kappa shape index (κ3) is 3.72. The standard InChI is InChI=1S/C27H24N2O3/c1-32-27(31)24-18-29(25-9-5-4-8-23(24)25)26(30)21-12-10-19(11-13-21)16-28-15-14-20-6-2-3-7-22(20)17-28/h2-13,18H,14-17H2,1H3. The predicted octanol–water partition coefficient (Wildman–Crippen LogP) is 4.67. The van der Waals surface area contributed by atoms with Crippen LogP contribution in [0.25, 0.3) is 10.9 Å². The van der Waals surface area contributed by atoms with Crippen molar-refractivity contribution >= 4 is 22.8 Å². The van der Waals surface area contributed by atoms with Gasteiger partial charge in [0.25, 0.3) is 5.91 Å². The van der Waals surface area contributed by atoms with E-state index in [0.29, 0.717) is 22.0 Å². The van der Waals surface area contributed by atoms with Crippen LogP contribution in [0.4, 0.5) is 0 Å². The van der Waals surface area contributed by atoms with Crippen LogP contribution in [-0.4, -0.2) is 35.0 Å². The highest BCUT2D eigenvalue weighted by Crippen LogP contribution is 2.24. The summed E-state index contributed by atoms with van der Waals surface area (Å²) in [6.07, 6.45) is 2.63. The lowest BCUT2D eigenvalue weighted by Crippen LogP contribution is -2.29. The Labute approximate surface area is 186 Å². The molecule has 4 aromatic rings. The molecule has 0 saturated carbocycles. The topological polar surface area (TPSA) is 51.5 Å². The van der Waals surface area contributed by atoms with Gasteiger partial charge < -0.3 is 4.74 Å². The number of carbonyl (C=O) groups is 2. The van der Waals surface area contributed by atoms with Crippen molar-refractivity contribution in [1.82, 2.24) is 9.47 Å². The van der Waals surface area contributed by atoms with Gasteiger partial charge >= 0.3 is 5.97 Å². The van der Waals surface area contributed by atoms with Crippen LogP contribution in [0.3, 0.4) is 0 Å². The third-order valence-corrected chi connectivity index (χ3v) is 6.15. The Balaban J connectivity index is 1.36. The molecule has 5 nitrogen and oxygen atoms in total. The molecule has 0 amide bonds. The SMILES string of the molecule is COC(=O)c1cn(C(=O)c2ccc(CN3CCc4ccccc4C3)cc2)c2ccccc12. The van der Waals surface area contributed by atoms with Gasteiger partial charge in [0, 0.05) is 36.8 Å². The van der Waals surface area contributed by atoms with Gasteiger partial charge in [-0.1, -0.05) is 54.6 Å². The lowest BCUT2D eigenvalue weighted by atomic mass is 9.99. The molecule has 3 aromatic carbocycles. The van der Waals surface area contributed by atoms with E-state index in [0.717, 1.165) is 26.1 Å². The first-order valence-electron chi connectivity index (χ1n) is 10.8. The minimum Gasteiger partial charge on any atom is -0.465 e. The summed E-state index contributed by atoms with van der Waals surface area (Å²) in [6.45, 7) is 2.83. The smallest absolute Gasteiger partial charge is 0.340 e. The number of methoxy groups -OCH3 is 1. The number of para-hydroxylation sites is 1. The monoisotopic (exact) mass is 424 g/mol. The maximum Gasteiger partial charge on any atom is 0.340 e. The lowest BCUT2D eigenvalue weighted by molar-refractivity contribution is 0.0603. The molecule has 32 heavy (non-hydrogen) atoms. The maximum absolute atomic E-state index is 13.2. The first-order valence-corrected chi connectivity index (χ1v) is 10.8. The van der Waals surface area contributed by atoms with Crippen LogP contribution in [-0.2, 0) is 24.2 Å². The second kappa shape index (κ2) is 8.44. The number of nitrogens with zero attached hydrogens (tertiary/aromatic N) is 2. The van der Waals surface area contributed by atoms with Crippen LogP contribution in [0.2, 0.25) is 0 Å². The van der Waals surface area contributed by atoms with Crippen molar-refractivity contribution in [2.24, 2.45) is 0 Å². The second-order valence-electron chi connectivity index (χ2n) is 8.15. The summed E-state index contributed by atoms with van der Waals surface area (Å²) in [4.78, 5) is 27.8. The van der Waals surface area contributed by atoms with Crippen molar-refractivity contribution in [3.8, 4) is 0 Å². The number of hydrogen-bond donors (Lipinski definition) is 0. The molecule has 0 radical (unpaired) electrons. The van der Waals surface area contributed by atoms with Crippen molar-refractivity contribution in [3.05, 3.63) is 107 Å². The first-order chi connectivity index (χ1) is 15.6. The molecule has 0 spiro atoms. The molecule has 0 aliphatic carbocycles. The van der Waals surface area contributed by atoms with Gasteiger partial charge in [-0.3, -0.25) is 14.3 Å².